The molecule has 3 rings (SSSR count). The van der Waals surface area contributed by atoms with E-state index in [9.17, 15) is 4.79 Å². The van der Waals surface area contributed by atoms with Crippen LogP contribution in [0.15, 0.2) is 17.3 Å². The zero-order chi connectivity index (χ0) is 11.3. The highest BCUT2D eigenvalue weighted by atomic mass is 16.2. The van der Waals surface area contributed by atoms with Gasteiger partial charge in [0.2, 0.25) is 5.96 Å². The van der Waals surface area contributed by atoms with E-state index < -0.39 is 0 Å². The third-order valence-corrected chi connectivity index (χ3v) is 2.91. The lowest BCUT2D eigenvalue weighted by Crippen LogP contribution is -2.48. The molecule has 0 saturated carbocycles. The van der Waals surface area contributed by atoms with Crippen molar-refractivity contribution < 1.29 is 4.79 Å². The number of carbonyl (C=O) groups is 1. The molecule has 0 aliphatic carbocycles. The Morgan fingerprint density at radius 1 is 1.44 bits per heavy atom. The van der Waals surface area contributed by atoms with E-state index in [1.165, 1.54) is 0 Å². The van der Waals surface area contributed by atoms with E-state index in [1.807, 2.05) is 17.9 Å². The van der Waals surface area contributed by atoms with Crippen molar-refractivity contribution in [2.45, 2.75) is 6.92 Å². The van der Waals surface area contributed by atoms with Crippen LogP contribution in [0.2, 0.25) is 0 Å². The topological polar surface area (TPSA) is 48.8 Å². The van der Waals surface area contributed by atoms with E-state index in [4.69, 9.17) is 0 Å². The molecule has 0 saturated heterocycles. The number of amides is 1. The van der Waals surface area contributed by atoms with E-state index in [0.29, 0.717) is 11.5 Å². The summed E-state index contributed by atoms with van der Waals surface area (Å²) >= 11 is 0. The van der Waals surface area contributed by atoms with Crippen molar-refractivity contribution in [2.75, 3.05) is 25.0 Å². The van der Waals surface area contributed by atoms with Gasteiger partial charge in [-0.2, -0.15) is 0 Å². The Bertz CT molecular complexity index is 509. The average molecular weight is 216 g/mol. The fourth-order valence-electron chi connectivity index (χ4n) is 2.13. The lowest BCUT2D eigenvalue weighted by Gasteiger charge is -2.32. The van der Waals surface area contributed by atoms with Gasteiger partial charge in [0.25, 0.3) is 5.91 Å². The highest BCUT2D eigenvalue weighted by Crippen LogP contribution is 2.28. The first-order valence-electron chi connectivity index (χ1n) is 5.25. The zero-order valence-electron chi connectivity index (χ0n) is 9.27. The van der Waals surface area contributed by atoms with Gasteiger partial charge < -0.3 is 0 Å². The predicted octanol–water partition coefficient (Wildman–Crippen LogP) is 0.652. The minimum absolute atomic E-state index is 0.0249. The molecule has 3 heterocycles. The summed E-state index contributed by atoms with van der Waals surface area (Å²) in [7, 11) is 1.75. The first kappa shape index (κ1) is 9.33. The molecule has 2 aliphatic heterocycles. The SMILES string of the molecule is Cc1cnc2c(c1)C(=O)N(C)C1=NCCN12. The standard InChI is InChI=1S/C11H12N4O/c1-7-5-8-9(13-6-7)15-4-3-12-11(15)14(2)10(8)16/h5-6H,3-4H2,1-2H3. The summed E-state index contributed by atoms with van der Waals surface area (Å²) in [5.41, 5.74) is 1.67. The number of pyridine rings is 1. The van der Waals surface area contributed by atoms with Crippen molar-refractivity contribution in [1.82, 2.24) is 9.88 Å². The van der Waals surface area contributed by atoms with Crippen LogP contribution in [0.4, 0.5) is 5.82 Å². The molecule has 82 valence electrons. The lowest BCUT2D eigenvalue weighted by atomic mass is 10.1. The third kappa shape index (κ3) is 1.08. The van der Waals surface area contributed by atoms with Gasteiger partial charge in [-0.05, 0) is 18.6 Å². The second kappa shape index (κ2) is 3.04. The lowest BCUT2D eigenvalue weighted by molar-refractivity contribution is 0.0865. The van der Waals surface area contributed by atoms with Crippen LogP contribution >= 0.6 is 0 Å². The number of hydrogen-bond donors (Lipinski definition) is 0. The molecule has 0 aromatic carbocycles. The number of aliphatic imine (C=N–C) groups is 1. The van der Waals surface area contributed by atoms with Crippen molar-refractivity contribution in [2.24, 2.45) is 4.99 Å². The van der Waals surface area contributed by atoms with Gasteiger partial charge in [-0.3, -0.25) is 19.6 Å². The van der Waals surface area contributed by atoms with Crippen LogP contribution in [0.1, 0.15) is 15.9 Å². The molecule has 0 spiro atoms. The van der Waals surface area contributed by atoms with E-state index in [1.54, 1.807) is 18.1 Å². The molecule has 5 nitrogen and oxygen atoms in total. The maximum absolute atomic E-state index is 12.1. The number of nitrogens with zero attached hydrogens (tertiary/aromatic N) is 4. The minimum atomic E-state index is -0.0249. The summed E-state index contributed by atoms with van der Waals surface area (Å²) < 4.78 is 0. The zero-order valence-corrected chi connectivity index (χ0v) is 9.27. The van der Waals surface area contributed by atoms with Crippen LogP contribution in [0.25, 0.3) is 0 Å². The first-order chi connectivity index (χ1) is 7.68. The van der Waals surface area contributed by atoms with Crippen LogP contribution in [0, 0.1) is 6.92 Å². The average Bonchev–Trinajstić information content (AvgIpc) is 2.75. The molecule has 16 heavy (non-hydrogen) atoms. The monoisotopic (exact) mass is 216 g/mol. The molecule has 0 radical (unpaired) electrons. The van der Waals surface area contributed by atoms with Crippen molar-refractivity contribution in [3.05, 3.63) is 23.4 Å². The van der Waals surface area contributed by atoms with Crippen molar-refractivity contribution in [3.8, 4) is 0 Å². The predicted molar refractivity (Wildman–Crippen MR) is 60.7 cm³/mol. The van der Waals surface area contributed by atoms with Gasteiger partial charge >= 0.3 is 0 Å². The number of hydrogen-bond acceptors (Lipinski definition) is 4. The van der Waals surface area contributed by atoms with Gasteiger partial charge in [-0.1, -0.05) is 0 Å². The molecule has 1 amide bonds. The minimum Gasteiger partial charge on any atom is -0.294 e. The highest BCUT2D eigenvalue weighted by Gasteiger charge is 2.35. The summed E-state index contributed by atoms with van der Waals surface area (Å²) in [6.45, 7) is 3.46. The summed E-state index contributed by atoms with van der Waals surface area (Å²) in [5.74, 6) is 1.43. The number of carbonyl (C=O) groups excluding carboxylic acids is 1. The van der Waals surface area contributed by atoms with Gasteiger partial charge in [0.05, 0.1) is 12.1 Å². The van der Waals surface area contributed by atoms with Gasteiger partial charge in [-0.25, -0.2) is 4.98 Å². The Morgan fingerprint density at radius 2 is 2.25 bits per heavy atom. The summed E-state index contributed by atoms with van der Waals surface area (Å²) in [5, 5.41) is 0. The van der Waals surface area contributed by atoms with Gasteiger partial charge in [0.15, 0.2) is 0 Å². The van der Waals surface area contributed by atoms with Crippen LogP contribution < -0.4 is 4.90 Å². The molecule has 0 unspecified atom stereocenters. The number of guanidine groups is 1. The molecular formula is C11H12N4O. The molecule has 5 heteroatoms. The van der Waals surface area contributed by atoms with E-state index in [-0.39, 0.29) is 5.91 Å². The summed E-state index contributed by atoms with van der Waals surface area (Å²) in [4.78, 5) is 24.3. The molecule has 0 atom stereocenters. The molecule has 0 bridgehead atoms. The maximum Gasteiger partial charge on any atom is 0.264 e. The Labute approximate surface area is 93.4 Å². The van der Waals surface area contributed by atoms with E-state index in [2.05, 4.69) is 9.98 Å². The van der Waals surface area contributed by atoms with E-state index >= 15 is 0 Å². The number of anilines is 1. The number of fused-ring (bicyclic) bond motifs is 3. The Hall–Kier alpha value is -1.91. The number of rotatable bonds is 0. The molecule has 0 fully saturated rings. The molecular weight excluding hydrogens is 204 g/mol. The van der Waals surface area contributed by atoms with Gasteiger partial charge in [-0.15, -0.1) is 0 Å². The normalized spacial score (nSPS) is 18.4. The van der Waals surface area contributed by atoms with Crippen molar-refractivity contribution >= 4 is 17.7 Å². The fourth-order valence-corrected chi connectivity index (χ4v) is 2.13. The number of aryl methyl sites for hydroxylation is 1. The van der Waals surface area contributed by atoms with Crippen LogP contribution in [-0.2, 0) is 0 Å². The highest BCUT2D eigenvalue weighted by molar-refractivity contribution is 6.18. The molecule has 1 aromatic rings. The Balaban J connectivity index is 2.22. The Kier molecular flexibility index (Phi) is 1.77. The smallest absolute Gasteiger partial charge is 0.264 e. The van der Waals surface area contributed by atoms with Crippen molar-refractivity contribution in [3.63, 3.8) is 0 Å². The second-order valence-corrected chi connectivity index (χ2v) is 4.08. The van der Waals surface area contributed by atoms with Crippen LogP contribution in [-0.4, -0.2) is 41.9 Å². The summed E-state index contributed by atoms with van der Waals surface area (Å²) in [6, 6.07) is 1.89. The summed E-state index contributed by atoms with van der Waals surface area (Å²) in [6.07, 6.45) is 1.79. The first-order valence-corrected chi connectivity index (χ1v) is 5.25. The number of aromatic nitrogens is 1. The van der Waals surface area contributed by atoms with Crippen LogP contribution in [0.3, 0.4) is 0 Å². The van der Waals surface area contributed by atoms with E-state index in [0.717, 1.165) is 24.5 Å². The molecule has 2 aliphatic rings. The molecule has 0 N–H and O–H groups in total. The van der Waals surface area contributed by atoms with Crippen LogP contribution in [0.5, 0.6) is 0 Å². The Morgan fingerprint density at radius 3 is 3.06 bits per heavy atom. The maximum atomic E-state index is 12.1. The second-order valence-electron chi connectivity index (χ2n) is 4.08. The largest absolute Gasteiger partial charge is 0.294 e. The third-order valence-electron chi connectivity index (χ3n) is 2.91. The fraction of sp³-hybridized carbons (Fsp3) is 0.364. The van der Waals surface area contributed by atoms with Gasteiger partial charge in [0.1, 0.15) is 5.82 Å². The molecule has 1 aromatic heterocycles. The van der Waals surface area contributed by atoms with Crippen molar-refractivity contribution in [1.29, 1.82) is 0 Å². The quantitative estimate of drug-likeness (QED) is 0.639. The van der Waals surface area contributed by atoms with Gasteiger partial charge in [0, 0.05) is 19.8 Å².